The van der Waals surface area contributed by atoms with Crippen molar-refractivity contribution in [2.45, 2.75) is 38.0 Å². The van der Waals surface area contributed by atoms with E-state index in [-0.39, 0.29) is 5.54 Å². The molecule has 0 aromatic carbocycles. The summed E-state index contributed by atoms with van der Waals surface area (Å²) in [6.45, 7) is 7.63. The Balaban J connectivity index is 2.41. The molecule has 1 aliphatic heterocycles. The maximum atomic E-state index is 4.59. The van der Waals surface area contributed by atoms with Gasteiger partial charge in [-0.05, 0) is 19.6 Å². The van der Waals surface area contributed by atoms with Crippen molar-refractivity contribution in [1.82, 2.24) is 5.32 Å². The first kappa shape index (κ1) is 12.2. The van der Waals surface area contributed by atoms with Gasteiger partial charge in [-0.15, -0.1) is 0 Å². The van der Waals surface area contributed by atoms with E-state index in [2.05, 4.69) is 37.3 Å². The zero-order chi connectivity index (χ0) is 10.6. The number of hydrogen-bond donors (Lipinski definition) is 1. The average molecular weight is 232 g/mol. The van der Waals surface area contributed by atoms with Crippen LogP contribution in [0.3, 0.4) is 0 Å². The maximum Gasteiger partial charge on any atom is 0.157 e. The largest absolute Gasteiger partial charge is 0.359 e. The lowest BCUT2D eigenvalue weighted by atomic mass is 10.0. The molecule has 0 amide bonds. The Hall–Kier alpha value is 0.170. The number of nitrogens with one attached hydrogen (secondary N) is 1. The highest BCUT2D eigenvalue weighted by Gasteiger charge is 2.30. The normalized spacial score (nSPS) is 31.9. The summed E-state index contributed by atoms with van der Waals surface area (Å²) in [5.74, 6) is 1.15. The summed E-state index contributed by atoms with van der Waals surface area (Å²) in [7, 11) is 0. The van der Waals surface area contributed by atoms with Crippen LogP contribution < -0.4 is 5.32 Å². The molecule has 0 aliphatic carbocycles. The highest BCUT2D eigenvalue weighted by atomic mass is 32.2. The van der Waals surface area contributed by atoms with Gasteiger partial charge in [0.25, 0.3) is 0 Å². The van der Waals surface area contributed by atoms with Gasteiger partial charge in [-0.2, -0.15) is 11.8 Å². The summed E-state index contributed by atoms with van der Waals surface area (Å²) < 4.78 is 0. The van der Waals surface area contributed by atoms with Gasteiger partial charge in [-0.25, -0.2) is 0 Å². The molecule has 0 spiro atoms. The van der Waals surface area contributed by atoms with Gasteiger partial charge in [0.05, 0.1) is 6.54 Å². The van der Waals surface area contributed by atoms with Crippen LogP contribution in [-0.2, 0) is 0 Å². The molecule has 0 saturated carbocycles. The van der Waals surface area contributed by atoms with Crippen molar-refractivity contribution in [3.63, 3.8) is 0 Å². The first-order valence-electron chi connectivity index (χ1n) is 5.08. The third-order valence-electron chi connectivity index (χ3n) is 2.61. The van der Waals surface area contributed by atoms with Crippen molar-refractivity contribution in [1.29, 1.82) is 0 Å². The summed E-state index contributed by atoms with van der Waals surface area (Å²) >= 11 is 3.73. The highest BCUT2D eigenvalue weighted by Crippen LogP contribution is 2.25. The Morgan fingerprint density at radius 3 is 2.93 bits per heavy atom. The van der Waals surface area contributed by atoms with Gasteiger partial charge >= 0.3 is 0 Å². The van der Waals surface area contributed by atoms with Crippen LogP contribution in [-0.4, -0.2) is 34.5 Å². The number of rotatable bonds is 4. The Kier molecular flexibility index (Phi) is 4.64. The van der Waals surface area contributed by atoms with Crippen molar-refractivity contribution in [2.75, 3.05) is 18.6 Å². The third kappa shape index (κ3) is 3.39. The fourth-order valence-electron chi connectivity index (χ4n) is 1.12. The van der Waals surface area contributed by atoms with E-state index in [9.17, 15) is 0 Å². The summed E-state index contributed by atoms with van der Waals surface area (Å²) in [5.41, 5.74) is 0.270. The molecule has 1 fully saturated rings. The van der Waals surface area contributed by atoms with Gasteiger partial charge in [0.1, 0.15) is 0 Å². The number of nitrogens with zero attached hydrogens (tertiary/aromatic N) is 1. The van der Waals surface area contributed by atoms with Crippen LogP contribution in [0.15, 0.2) is 4.99 Å². The number of amidine groups is 1. The molecule has 2 atom stereocenters. The molecule has 1 N–H and O–H groups in total. The summed E-state index contributed by atoms with van der Waals surface area (Å²) in [6.07, 6.45) is 3.30. The van der Waals surface area contributed by atoms with E-state index in [4.69, 9.17) is 0 Å². The highest BCUT2D eigenvalue weighted by molar-refractivity contribution is 8.14. The first-order chi connectivity index (χ1) is 6.59. The lowest BCUT2D eigenvalue weighted by molar-refractivity contribution is 0.466. The predicted octanol–water partition coefficient (Wildman–Crippen LogP) is 2.60. The van der Waals surface area contributed by atoms with Crippen LogP contribution in [0.2, 0.25) is 0 Å². The Labute approximate surface area is 95.7 Å². The van der Waals surface area contributed by atoms with E-state index in [1.165, 1.54) is 0 Å². The second-order valence-corrected chi connectivity index (χ2v) is 6.26. The molecule has 1 aliphatic rings. The van der Waals surface area contributed by atoms with Crippen LogP contribution in [0, 0.1) is 0 Å². The summed E-state index contributed by atoms with van der Waals surface area (Å²) in [5, 5.41) is 5.26. The molecule has 1 heterocycles. The van der Waals surface area contributed by atoms with Crippen molar-refractivity contribution < 1.29 is 0 Å². The maximum absolute atomic E-state index is 4.59. The van der Waals surface area contributed by atoms with E-state index < -0.39 is 0 Å². The predicted molar refractivity (Wildman–Crippen MR) is 69.6 cm³/mol. The van der Waals surface area contributed by atoms with Crippen molar-refractivity contribution in [3.8, 4) is 0 Å². The number of thioether (sulfide) groups is 2. The summed E-state index contributed by atoms with van der Waals surface area (Å²) in [4.78, 5) is 4.59. The molecule has 82 valence electrons. The van der Waals surface area contributed by atoms with Crippen LogP contribution in [0.5, 0.6) is 0 Å². The van der Waals surface area contributed by atoms with Crippen molar-refractivity contribution >= 4 is 28.7 Å². The average Bonchev–Trinajstić information content (AvgIpc) is 2.58. The lowest BCUT2D eigenvalue weighted by Crippen LogP contribution is -2.39. The van der Waals surface area contributed by atoms with Crippen LogP contribution in [0.1, 0.15) is 27.2 Å². The van der Waals surface area contributed by atoms with E-state index >= 15 is 0 Å². The fourth-order valence-corrected chi connectivity index (χ4v) is 2.56. The number of aliphatic imine (C=N–C) groups is 1. The monoisotopic (exact) mass is 232 g/mol. The minimum Gasteiger partial charge on any atom is -0.359 e. The molecule has 2 unspecified atom stereocenters. The Morgan fingerprint density at radius 2 is 2.43 bits per heavy atom. The van der Waals surface area contributed by atoms with Gasteiger partial charge < -0.3 is 5.32 Å². The molecular weight excluding hydrogens is 212 g/mol. The van der Waals surface area contributed by atoms with Gasteiger partial charge in [-0.1, -0.05) is 25.6 Å². The molecular formula is C10H20N2S2. The quantitative estimate of drug-likeness (QED) is 0.806. The number of hydrogen-bond acceptors (Lipinski definition) is 3. The molecule has 2 nitrogen and oxygen atoms in total. The fraction of sp³-hybridized carbons (Fsp3) is 0.900. The topological polar surface area (TPSA) is 24.4 Å². The molecule has 0 aromatic rings. The van der Waals surface area contributed by atoms with Crippen LogP contribution >= 0.6 is 23.5 Å². The molecule has 4 heteroatoms. The van der Waals surface area contributed by atoms with Gasteiger partial charge in [-0.3, -0.25) is 4.99 Å². The van der Waals surface area contributed by atoms with E-state index in [0.717, 1.165) is 23.9 Å². The lowest BCUT2D eigenvalue weighted by Gasteiger charge is -2.20. The zero-order valence-electron chi connectivity index (χ0n) is 9.46. The van der Waals surface area contributed by atoms with Gasteiger partial charge in [0, 0.05) is 16.5 Å². The van der Waals surface area contributed by atoms with Gasteiger partial charge in [0.15, 0.2) is 5.17 Å². The van der Waals surface area contributed by atoms with E-state index in [1.54, 1.807) is 0 Å². The van der Waals surface area contributed by atoms with E-state index in [0.29, 0.717) is 5.25 Å². The molecule has 0 radical (unpaired) electrons. The van der Waals surface area contributed by atoms with Crippen molar-refractivity contribution in [2.24, 2.45) is 4.99 Å². The van der Waals surface area contributed by atoms with Crippen molar-refractivity contribution in [3.05, 3.63) is 0 Å². The SMILES string of the molecule is CCC1(C)CSC(=NCC(C)SC)N1. The second-order valence-electron chi connectivity index (χ2n) is 4.02. The second kappa shape index (κ2) is 5.31. The smallest absolute Gasteiger partial charge is 0.157 e. The Morgan fingerprint density at radius 1 is 1.71 bits per heavy atom. The van der Waals surface area contributed by atoms with Gasteiger partial charge in [0.2, 0.25) is 0 Å². The molecule has 1 rings (SSSR count). The standard InChI is InChI=1S/C10H20N2S2/c1-5-10(3)7-14-9(12-10)11-6-8(2)13-4/h8H,5-7H2,1-4H3,(H,11,12). The zero-order valence-corrected chi connectivity index (χ0v) is 11.1. The molecule has 0 bridgehead atoms. The third-order valence-corrected chi connectivity index (χ3v) is 4.85. The first-order valence-corrected chi connectivity index (χ1v) is 7.35. The minimum absolute atomic E-state index is 0.270. The van der Waals surface area contributed by atoms with E-state index in [1.807, 2.05) is 23.5 Å². The summed E-state index contributed by atoms with van der Waals surface area (Å²) in [6, 6.07) is 0. The minimum atomic E-state index is 0.270. The van der Waals surface area contributed by atoms with Crippen LogP contribution in [0.25, 0.3) is 0 Å². The molecule has 14 heavy (non-hydrogen) atoms. The Bertz CT molecular complexity index is 218. The molecule has 0 aromatic heterocycles. The van der Waals surface area contributed by atoms with Crippen LogP contribution in [0.4, 0.5) is 0 Å². The molecule has 1 saturated heterocycles.